The number of rotatable bonds is 6. The van der Waals surface area contributed by atoms with E-state index in [9.17, 15) is 9.59 Å². The Balaban J connectivity index is 1.35. The lowest BCUT2D eigenvalue weighted by molar-refractivity contribution is -0.118. The van der Waals surface area contributed by atoms with E-state index in [0.717, 1.165) is 29.6 Å². The van der Waals surface area contributed by atoms with E-state index >= 15 is 0 Å². The Morgan fingerprint density at radius 3 is 2.46 bits per heavy atom. The Bertz CT molecular complexity index is 1640. The van der Waals surface area contributed by atoms with Gasteiger partial charge in [0.2, 0.25) is 0 Å². The van der Waals surface area contributed by atoms with Gasteiger partial charge < -0.3 is 4.90 Å². The fraction of sp³-hybridized carbons (Fsp3) is 0.226. The average Bonchev–Trinajstić information content (AvgIpc) is 3.48. The minimum absolute atomic E-state index is 0.319. The lowest BCUT2D eigenvalue weighted by Gasteiger charge is -2.29. The van der Waals surface area contributed by atoms with Crippen molar-refractivity contribution in [3.8, 4) is 11.1 Å². The number of nitrogens with zero attached hydrogens (tertiary/aromatic N) is 4. The van der Waals surface area contributed by atoms with E-state index in [2.05, 4.69) is 51.6 Å². The summed E-state index contributed by atoms with van der Waals surface area (Å²) >= 11 is 1.32. The van der Waals surface area contributed by atoms with Crippen molar-refractivity contribution in [3.63, 3.8) is 0 Å². The summed E-state index contributed by atoms with van der Waals surface area (Å²) in [5, 5.41) is 10.8. The van der Waals surface area contributed by atoms with Gasteiger partial charge in [-0.3, -0.25) is 14.9 Å². The molecule has 1 N–H and O–H groups in total. The number of nitrogens with one attached hydrogen (secondary N) is 1. The topological polar surface area (TPSA) is 80.1 Å². The van der Waals surface area contributed by atoms with E-state index in [1.165, 1.54) is 34.4 Å². The first-order valence-electron chi connectivity index (χ1n) is 13.1. The molecule has 1 aliphatic rings. The van der Waals surface area contributed by atoms with Gasteiger partial charge in [0, 0.05) is 17.0 Å². The third-order valence-electron chi connectivity index (χ3n) is 7.52. The van der Waals surface area contributed by atoms with Gasteiger partial charge in [-0.25, -0.2) is 9.67 Å². The van der Waals surface area contributed by atoms with Crippen LogP contribution in [0.3, 0.4) is 0 Å². The Kier molecular flexibility index (Phi) is 7.04. The molecule has 1 atom stereocenters. The summed E-state index contributed by atoms with van der Waals surface area (Å²) in [5.74, 6) is 0.223. The van der Waals surface area contributed by atoms with Gasteiger partial charge in [-0.1, -0.05) is 66.7 Å². The number of carbonyl (C=O) groups excluding carboxylic acids is 1. The molecule has 1 fully saturated rings. The standard InChI is InChI=1S/C31H29N5O2S/c1-35-16-13-23(14-17-35)21-7-9-22(10-8-21)25-11-12-26-20-33-36(30(38)27(26)19-25)28(24-5-3-2-4-6-24)29(37)34-31-32-15-18-39-31/h2-12,15,18-20,23,28H,13-14,16-17H2,1H3,(H,32,34,37). The summed E-state index contributed by atoms with van der Waals surface area (Å²) in [4.78, 5) is 33.8. The van der Waals surface area contributed by atoms with Crippen LogP contribution < -0.4 is 10.9 Å². The summed E-state index contributed by atoms with van der Waals surface area (Å²) < 4.78 is 1.27. The molecule has 1 aliphatic heterocycles. The van der Waals surface area contributed by atoms with Crippen molar-refractivity contribution in [2.24, 2.45) is 0 Å². The second-order valence-corrected chi connectivity index (χ2v) is 10.9. The lowest BCUT2D eigenvalue weighted by Crippen LogP contribution is -2.35. The third-order valence-corrected chi connectivity index (χ3v) is 8.21. The number of thiazole rings is 1. The summed E-state index contributed by atoms with van der Waals surface area (Å²) in [6.45, 7) is 2.26. The number of fused-ring (bicyclic) bond motifs is 1. The van der Waals surface area contributed by atoms with Crippen LogP contribution in [-0.2, 0) is 4.79 Å². The number of carbonyl (C=O) groups is 1. The highest BCUT2D eigenvalue weighted by Gasteiger charge is 2.26. The highest BCUT2D eigenvalue weighted by atomic mass is 32.1. The molecule has 0 aliphatic carbocycles. The molecule has 0 radical (unpaired) electrons. The van der Waals surface area contributed by atoms with Crippen molar-refractivity contribution in [1.29, 1.82) is 0 Å². The molecular formula is C31H29N5O2S. The Morgan fingerprint density at radius 1 is 1.00 bits per heavy atom. The zero-order chi connectivity index (χ0) is 26.8. The van der Waals surface area contributed by atoms with Crippen molar-refractivity contribution in [2.45, 2.75) is 24.8 Å². The van der Waals surface area contributed by atoms with E-state index < -0.39 is 6.04 Å². The maximum atomic E-state index is 13.8. The van der Waals surface area contributed by atoms with E-state index in [1.807, 2.05) is 48.5 Å². The smallest absolute Gasteiger partial charge is 0.275 e. The number of piperidine rings is 1. The zero-order valence-electron chi connectivity index (χ0n) is 21.7. The molecule has 0 spiro atoms. The molecule has 3 aromatic carbocycles. The number of anilines is 1. The first-order chi connectivity index (χ1) is 19.1. The average molecular weight is 536 g/mol. The first kappa shape index (κ1) is 25.2. The van der Waals surface area contributed by atoms with E-state index in [0.29, 0.717) is 22.0 Å². The molecule has 0 saturated carbocycles. The summed E-state index contributed by atoms with van der Waals surface area (Å²) in [5.41, 5.74) is 3.73. The van der Waals surface area contributed by atoms with Crippen LogP contribution in [-0.4, -0.2) is 45.7 Å². The van der Waals surface area contributed by atoms with E-state index in [4.69, 9.17) is 0 Å². The van der Waals surface area contributed by atoms with Crippen molar-refractivity contribution < 1.29 is 4.79 Å². The van der Waals surface area contributed by atoms with Crippen LogP contribution in [0.5, 0.6) is 0 Å². The monoisotopic (exact) mass is 535 g/mol. The molecule has 8 heteroatoms. The molecule has 3 heterocycles. The second-order valence-electron chi connectivity index (χ2n) is 10.0. The van der Waals surface area contributed by atoms with Gasteiger partial charge in [0.05, 0.1) is 11.6 Å². The summed E-state index contributed by atoms with van der Waals surface area (Å²) in [6.07, 6.45) is 5.63. The third kappa shape index (κ3) is 5.26. The van der Waals surface area contributed by atoms with Crippen molar-refractivity contribution >= 4 is 33.1 Å². The second kappa shape index (κ2) is 10.9. The molecular weight excluding hydrogens is 506 g/mol. The molecule has 2 aromatic heterocycles. The van der Waals surface area contributed by atoms with Crippen LogP contribution in [0.4, 0.5) is 5.13 Å². The largest absolute Gasteiger partial charge is 0.306 e. The number of benzene rings is 3. The minimum Gasteiger partial charge on any atom is -0.306 e. The highest BCUT2D eigenvalue weighted by molar-refractivity contribution is 7.13. The summed E-state index contributed by atoms with van der Waals surface area (Å²) in [7, 11) is 2.18. The van der Waals surface area contributed by atoms with Crippen LogP contribution in [0.2, 0.25) is 0 Å². The lowest BCUT2D eigenvalue weighted by atomic mass is 9.88. The Morgan fingerprint density at radius 2 is 1.74 bits per heavy atom. The van der Waals surface area contributed by atoms with E-state index in [-0.39, 0.29) is 11.5 Å². The van der Waals surface area contributed by atoms with Crippen molar-refractivity contribution in [2.75, 3.05) is 25.5 Å². The number of likely N-dealkylation sites (tertiary alicyclic amines) is 1. The molecule has 196 valence electrons. The maximum absolute atomic E-state index is 13.8. The van der Waals surface area contributed by atoms with Gasteiger partial charge in [-0.2, -0.15) is 5.10 Å². The van der Waals surface area contributed by atoms with Gasteiger partial charge >= 0.3 is 0 Å². The first-order valence-corrected chi connectivity index (χ1v) is 14.0. The number of hydrogen-bond donors (Lipinski definition) is 1. The SMILES string of the molecule is CN1CCC(c2ccc(-c3ccc4cnn(C(C(=O)Nc5nccs5)c5ccccc5)c(=O)c4c3)cc2)CC1. The van der Waals surface area contributed by atoms with Crippen LogP contribution in [0.1, 0.15) is 35.9 Å². The quantitative estimate of drug-likeness (QED) is 0.308. The predicted molar refractivity (Wildman–Crippen MR) is 156 cm³/mol. The van der Waals surface area contributed by atoms with Gasteiger partial charge in [0.15, 0.2) is 11.2 Å². The van der Waals surface area contributed by atoms with Crippen LogP contribution in [0, 0.1) is 0 Å². The van der Waals surface area contributed by atoms with Crippen molar-refractivity contribution in [3.05, 3.63) is 112 Å². The number of hydrogen-bond acceptors (Lipinski definition) is 6. The van der Waals surface area contributed by atoms with Crippen LogP contribution in [0.15, 0.2) is 95.4 Å². The molecule has 1 amide bonds. The fourth-order valence-electron chi connectivity index (χ4n) is 5.31. The van der Waals surface area contributed by atoms with Gasteiger partial charge in [0.25, 0.3) is 11.5 Å². The van der Waals surface area contributed by atoms with E-state index in [1.54, 1.807) is 17.8 Å². The fourth-order valence-corrected chi connectivity index (χ4v) is 5.84. The number of aromatic nitrogens is 3. The van der Waals surface area contributed by atoms with Crippen LogP contribution in [0.25, 0.3) is 21.9 Å². The molecule has 39 heavy (non-hydrogen) atoms. The molecule has 6 rings (SSSR count). The normalized spacial score (nSPS) is 15.3. The maximum Gasteiger partial charge on any atom is 0.275 e. The van der Waals surface area contributed by atoms with Gasteiger partial charge in [-0.05, 0) is 67.2 Å². The van der Waals surface area contributed by atoms with Gasteiger partial charge in [-0.15, -0.1) is 11.3 Å². The molecule has 5 aromatic rings. The van der Waals surface area contributed by atoms with Crippen molar-refractivity contribution in [1.82, 2.24) is 19.7 Å². The molecule has 1 saturated heterocycles. The number of amides is 1. The van der Waals surface area contributed by atoms with Crippen LogP contribution >= 0.6 is 11.3 Å². The predicted octanol–water partition coefficient (Wildman–Crippen LogP) is 5.56. The highest BCUT2D eigenvalue weighted by Crippen LogP contribution is 2.30. The molecule has 7 nitrogen and oxygen atoms in total. The molecule has 1 unspecified atom stereocenters. The Hall–Kier alpha value is -4.14. The van der Waals surface area contributed by atoms with Gasteiger partial charge in [0.1, 0.15) is 0 Å². The Labute approximate surface area is 230 Å². The summed E-state index contributed by atoms with van der Waals surface area (Å²) in [6, 6.07) is 22.8. The minimum atomic E-state index is -0.940. The zero-order valence-corrected chi connectivity index (χ0v) is 22.5. The molecule has 0 bridgehead atoms.